The number of aromatic nitrogens is 6. The van der Waals surface area contributed by atoms with Crippen molar-refractivity contribution in [1.82, 2.24) is 29.1 Å². The number of unbranched alkanes of at least 4 members (excludes halogenated alkanes) is 14. The SMILES string of the molecule is C1=Cc2nc1c(-c1ccccc1)c1ccc([nH]1)c(-c1ccc(OCCCCCCCCCCn3cccc3)cc1)c1nc(c(-c3ccccc3)c3ccc([nH]3)c2-c2ccc(OCCCCCCCCCCn3cccc3)cc2)C=C1. The van der Waals surface area contributed by atoms with Crippen LogP contribution in [0.4, 0.5) is 0 Å². The van der Waals surface area contributed by atoms with E-state index in [1.165, 1.54) is 89.9 Å². The lowest BCUT2D eigenvalue weighted by Gasteiger charge is -2.09. The van der Waals surface area contributed by atoms with E-state index in [-0.39, 0.29) is 0 Å². The van der Waals surface area contributed by atoms with Crippen LogP contribution in [0.5, 0.6) is 11.5 Å². The van der Waals surface area contributed by atoms with Gasteiger partial charge in [0.2, 0.25) is 0 Å². The molecule has 5 aromatic heterocycles. The van der Waals surface area contributed by atoms with Gasteiger partial charge in [0, 0.05) is 82.2 Å². The standard InChI is InChI=1S/C72H76N6O2/c1(5-9-19-47-77-49-21-22-50-77)3-7-11-25-53-79-59-35-31-57(32-36-59)71-65-43-39-61(73-65)69(55-27-15-13-16-28-55)63-41-45-67(75-63)72(68-46-42-64(76-68)70(56-29-17-14-18-30-56)62-40-44-66(71)74-62)58-33-37-60(38-34-58)80-54-26-12-8-4-2-6-10-20-48-78-51-23-24-52-78/h13-18,21-24,27-46,49-52,73,76H,1-12,19-20,25-26,47-48,53-54H2. The number of H-pyrrole nitrogens is 2. The number of rotatable bonds is 28. The predicted molar refractivity (Wildman–Crippen MR) is 334 cm³/mol. The van der Waals surface area contributed by atoms with Crippen molar-refractivity contribution in [2.45, 2.75) is 116 Å². The van der Waals surface area contributed by atoms with E-state index < -0.39 is 0 Å². The fourth-order valence-electron chi connectivity index (χ4n) is 11.4. The summed E-state index contributed by atoms with van der Waals surface area (Å²) in [5.74, 6) is 1.76. The summed E-state index contributed by atoms with van der Waals surface area (Å²) in [4.78, 5) is 18.8. The fourth-order valence-corrected chi connectivity index (χ4v) is 11.4. The van der Waals surface area contributed by atoms with Gasteiger partial charge in [-0.15, -0.1) is 0 Å². The maximum Gasteiger partial charge on any atom is 0.119 e. The summed E-state index contributed by atoms with van der Waals surface area (Å²) in [5, 5.41) is 0. The third-order valence-corrected chi connectivity index (χ3v) is 15.7. The van der Waals surface area contributed by atoms with Crippen molar-refractivity contribution in [3.05, 3.63) is 205 Å². The Morgan fingerprint density at radius 3 is 0.900 bits per heavy atom. The van der Waals surface area contributed by atoms with Crippen LogP contribution < -0.4 is 9.47 Å². The van der Waals surface area contributed by atoms with Gasteiger partial charge in [0.15, 0.2) is 0 Å². The molecule has 0 atom stereocenters. The molecule has 8 heteroatoms. The molecule has 7 heterocycles. The van der Waals surface area contributed by atoms with Crippen LogP contribution in [0.1, 0.15) is 126 Å². The zero-order chi connectivity index (χ0) is 54.0. The number of ether oxygens (including phenoxy) is 2. The largest absolute Gasteiger partial charge is 0.494 e. The second-order valence-electron chi connectivity index (χ2n) is 21.5. The number of hydrogen-bond acceptors (Lipinski definition) is 4. The highest BCUT2D eigenvalue weighted by atomic mass is 16.5. The van der Waals surface area contributed by atoms with Crippen molar-refractivity contribution in [1.29, 1.82) is 0 Å². The molecule has 0 aliphatic carbocycles. The molecule has 406 valence electrons. The van der Waals surface area contributed by atoms with E-state index in [0.717, 1.165) is 127 Å². The molecule has 80 heavy (non-hydrogen) atoms. The Hall–Kier alpha value is -8.36. The predicted octanol–water partition coefficient (Wildman–Crippen LogP) is 19.3. The maximum atomic E-state index is 6.34. The quantitative estimate of drug-likeness (QED) is 0.0479. The maximum absolute atomic E-state index is 6.34. The van der Waals surface area contributed by atoms with Crippen molar-refractivity contribution in [3.63, 3.8) is 0 Å². The van der Waals surface area contributed by atoms with Crippen LogP contribution >= 0.6 is 0 Å². The normalized spacial score (nSPS) is 11.9. The minimum atomic E-state index is 0.715. The number of aromatic amines is 2. The molecule has 2 aliphatic heterocycles. The van der Waals surface area contributed by atoms with Crippen LogP contribution in [0.3, 0.4) is 0 Å². The van der Waals surface area contributed by atoms with Crippen molar-refractivity contribution in [2.75, 3.05) is 13.2 Å². The van der Waals surface area contributed by atoms with E-state index in [1.54, 1.807) is 0 Å². The number of fused-ring (bicyclic) bond motifs is 8. The van der Waals surface area contributed by atoms with E-state index >= 15 is 0 Å². The van der Waals surface area contributed by atoms with Crippen molar-refractivity contribution >= 4 is 46.4 Å². The van der Waals surface area contributed by atoms with Crippen molar-refractivity contribution in [2.24, 2.45) is 0 Å². The Kier molecular flexibility index (Phi) is 18.4. The molecule has 0 fully saturated rings. The molecule has 4 aromatic carbocycles. The number of benzene rings is 4. The van der Waals surface area contributed by atoms with Gasteiger partial charge in [0.1, 0.15) is 11.5 Å². The van der Waals surface area contributed by atoms with Crippen LogP contribution in [0.2, 0.25) is 0 Å². The Labute approximate surface area is 473 Å². The summed E-state index contributed by atoms with van der Waals surface area (Å²) >= 11 is 0. The first-order valence-electron chi connectivity index (χ1n) is 29.7. The molecule has 2 N–H and O–H groups in total. The fraction of sp³-hybridized carbons (Fsp3) is 0.278. The summed E-state index contributed by atoms with van der Waals surface area (Å²) in [7, 11) is 0. The van der Waals surface area contributed by atoms with Crippen LogP contribution in [0.15, 0.2) is 183 Å². The number of aryl methyl sites for hydroxylation is 2. The van der Waals surface area contributed by atoms with E-state index in [2.05, 4.69) is 226 Å². The lowest BCUT2D eigenvalue weighted by Crippen LogP contribution is -1.97. The zero-order valence-corrected chi connectivity index (χ0v) is 46.4. The molecule has 0 saturated heterocycles. The highest BCUT2D eigenvalue weighted by Crippen LogP contribution is 2.39. The highest BCUT2D eigenvalue weighted by Gasteiger charge is 2.19. The molecule has 0 amide bonds. The number of nitrogens with one attached hydrogen (secondary N) is 2. The first-order valence-corrected chi connectivity index (χ1v) is 29.7. The van der Waals surface area contributed by atoms with Crippen LogP contribution in [0, 0.1) is 0 Å². The van der Waals surface area contributed by atoms with Gasteiger partial charge in [0.25, 0.3) is 0 Å². The van der Waals surface area contributed by atoms with E-state index in [4.69, 9.17) is 19.4 Å². The van der Waals surface area contributed by atoms with Gasteiger partial charge in [-0.2, -0.15) is 0 Å². The average molecular weight is 1060 g/mol. The molecule has 11 rings (SSSR count). The summed E-state index contributed by atoms with van der Waals surface area (Å²) < 4.78 is 17.2. The van der Waals surface area contributed by atoms with Gasteiger partial charge in [-0.25, -0.2) is 9.97 Å². The van der Waals surface area contributed by atoms with Gasteiger partial charge in [0.05, 0.1) is 36.0 Å². The van der Waals surface area contributed by atoms with Gasteiger partial charge in [-0.05, 0) is 145 Å². The lowest BCUT2D eigenvalue weighted by atomic mass is 10.0. The van der Waals surface area contributed by atoms with E-state index in [0.29, 0.717) is 13.2 Å². The minimum absolute atomic E-state index is 0.715. The zero-order valence-electron chi connectivity index (χ0n) is 46.4. The van der Waals surface area contributed by atoms with Crippen molar-refractivity contribution in [3.8, 4) is 56.0 Å². The van der Waals surface area contributed by atoms with Crippen LogP contribution in [0.25, 0.3) is 90.9 Å². The summed E-state index contributed by atoms with van der Waals surface area (Å²) in [5.41, 5.74) is 15.7. The van der Waals surface area contributed by atoms with Crippen LogP contribution in [-0.2, 0) is 13.1 Å². The van der Waals surface area contributed by atoms with Crippen molar-refractivity contribution < 1.29 is 9.47 Å². The van der Waals surface area contributed by atoms with Gasteiger partial charge >= 0.3 is 0 Å². The first kappa shape index (κ1) is 53.6. The molecule has 0 unspecified atom stereocenters. The van der Waals surface area contributed by atoms with Gasteiger partial charge in [-0.1, -0.05) is 162 Å². The topological polar surface area (TPSA) is 85.7 Å². The molecule has 8 bridgehead atoms. The summed E-state index contributed by atoms with van der Waals surface area (Å²) in [6.07, 6.45) is 37.3. The van der Waals surface area contributed by atoms with E-state index in [9.17, 15) is 0 Å². The van der Waals surface area contributed by atoms with Gasteiger partial charge in [-0.3, -0.25) is 0 Å². The summed E-state index contributed by atoms with van der Waals surface area (Å²) in [6, 6.07) is 55.5. The monoisotopic (exact) mass is 1060 g/mol. The molecule has 2 aliphatic rings. The Balaban J connectivity index is 0.851. The van der Waals surface area contributed by atoms with E-state index in [1.807, 2.05) is 0 Å². The second kappa shape index (κ2) is 27.5. The van der Waals surface area contributed by atoms with Gasteiger partial charge < -0.3 is 28.6 Å². The Morgan fingerprint density at radius 2 is 0.575 bits per heavy atom. The smallest absolute Gasteiger partial charge is 0.119 e. The molecular weight excluding hydrogens is 981 g/mol. The molecule has 0 spiro atoms. The molecular formula is C72H76N6O2. The third-order valence-electron chi connectivity index (χ3n) is 15.7. The minimum Gasteiger partial charge on any atom is -0.494 e. The lowest BCUT2D eigenvalue weighted by molar-refractivity contribution is 0.304. The third kappa shape index (κ3) is 13.9. The number of nitrogens with zero attached hydrogens (tertiary/aromatic N) is 4. The first-order chi connectivity index (χ1) is 39.7. The average Bonchev–Trinajstić information content (AvgIpc) is 4.38. The molecule has 9 aromatic rings. The summed E-state index contributed by atoms with van der Waals surface area (Å²) in [6.45, 7) is 3.68. The molecule has 0 saturated carbocycles. The Morgan fingerprint density at radius 1 is 0.287 bits per heavy atom. The molecule has 8 nitrogen and oxygen atoms in total. The van der Waals surface area contributed by atoms with Crippen LogP contribution in [-0.4, -0.2) is 42.3 Å². The highest BCUT2D eigenvalue weighted by molar-refractivity contribution is 5.99. The Bertz CT molecular complexity index is 3350. The molecule has 0 radical (unpaired) electrons. The second-order valence-corrected chi connectivity index (χ2v) is 21.5. The number of hydrogen-bond donors (Lipinski definition) is 2.